The molecule has 4 heteroatoms. The second-order valence-corrected chi connectivity index (χ2v) is 5.22. The molecule has 1 unspecified atom stereocenters. The molecule has 0 radical (unpaired) electrons. The molecule has 0 bridgehead atoms. The highest BCUT2D eigenvalue weighted by molar-refractivity contribution is 5.05. The normalized spacial score (nSPS) is 20.6. The maximum atomic E-state index is 5.71. The first-order valence-corrected chi connectivity index (χ1v) is 7.08. The van der Waals surface area contributed by atoms with E-state index in [2.05, 4.69) is 22.1 Å². The van der Waals surface area contributed by atoms with Crippen molar-refractivity contribution in [3.05, 3.63) is 17.3 Å². The van der Waals surface area contributed by atoms with E-state index in [1.54, 1.807) is 0 Å². The lowest BCUT2D eigenvalue weighted by atomic mass is 10.1. The Bertz CT molecular complexity index is 350. The number of aromatic nitrogens is 1. The summed E-state index contributed by atoms with van der Waals surface area (Å²) in [5, 5.41) is 3.48. The molecule has 0 aliphatic carbocycles. The zero-order valence-electron chi connectivity index (χ0n) is 11.8. The summed E-state index contributed by atoms with van der Waals surface area (Å²) in [7, 11) is 0. The summed E-state index contributed by atoms with van der Waals surface area (Å²) < 4.78 is 5.71. The van der Waals surface area contributed by atoms with Crippen LogP contribution in [0, 0.1) is 13.8 Å². The second kappa shape index (κ2) is 6.34. The minimum atomic E-state index is 0.631. The van der Waals surface area contributed by atoms with Gasteiger partial charge in [-0.1, -0.05) is 6.92 Å². The van der Waals surface area contributed by atoms with Gasteiger partial charge in [0.15, 0.2) is 0 Å². The number of piperidine rings is 1. The summed E-state index contributed by atoms with van der Waals surface area (Å²) in [6, 6.07) is 0.631. The standard InChI is InChI=1S/C14H25N3O/c1-4-8-17(13-6-5-7-15-9-13)10-14-16-11(2)12(3)18-14/h13,15H,4-10H2,1-3H3. The number of hydrogen-bond acceptors (Lipinski definition) is 4. The molecule has 4 nitrogen and oxygen atoms in total. The van der Waals surface area contributed by atoms with Gasteiger partial charge in [0.05, 0.1) is 12.2 Å². The molecule has 1 atom stereocenters. The average molecular weight is 251 g/mol. The van der Waals surface area contributed by atoms with Crippen molar-refractivity contribution < 1.29 is 4.42 Å². The van der Waals surface area contributed by atoms with Crippen LogP contribution in [0.3, 0.4) is 0 Å². The minimum Gasteiger partial charge on any atom is -0.444 e. The number of rotatable bonds is 5. The van der Waals surface area contributed by atoms with Crippen LogP contribution in [-0.4, -0.2) is 35.6 Å². The highest BCUT2D eigenvalue weighted by atomic mass is 16.4. The van der Waals surface area contributed by atoms with Crippen molar-refractivity contribution in [1.82, 2.24) is 15.2 Å². The summed E-state index contributed by atoms with van der Waals surface area (Å²) in [4.78, 5) is 7.01. The van der Waals surface area contributed by atoms with Crippen LogP contribution in [0.2, 0.25) is 0 Å². The quantitative estimate of drug-likeness (QED) is 0.871. The molecule has 1 N–H and O–H groups in total. The Labute approximate surface area is 110 Å². The van der Waals surface area contributed by atoms with Crippen LogP contribution in [0.5, 0.6) is 0 Å². The van der Waals surface area contributed by atoms with E-state index >= 15 is 0 Å². The van der Waals surface area contributed by atoms with E-state index in [0.717, 1.165) is 43.5 Å². The van der Waals surface area contributed by atoms with E-state index < -0.39 is 0 Å². The van der Waals surface area contributed by atoms with Crippen LogP contribution < -0.4 is 5.32 Å². The van der Waals surface area contributed by atoms with Crippen molar-refractivity contribution >= 4 is 0 Å². The lowest BCUT2D eigenvalue weighted by Crippen LogP contribution is -2.45. The van der Waals surface area contributed by atoms with Gasteiger partial charge in [0.25, 0.3) is 0 Å². The third-order valence-corrected chi connectivity index (χ3v) is 3.71. The maximum absolute atomic E-state index is 5.71. The van der Waals surface area contributed by atoms with E-state index in [4.69, 9.17) is 4.42 Å². The van der Waals surface area contributed by atoms with Crippen molar-refractivity contribution in [3.63, 3.8) is 0 Å². The van der Waals surface area contributed by atoms with Crippen LogP contribution in [0.4, 0.5) is 0 Å². The third-order valence-electron chi connectivity index (χ3n) is 3.71. The topological polar surface area (TPSA) is 41.3 Å². The van der Waals surface area contributed by atoms with Gasteiger partial charge in [-0.2, -0.15) is 0 Å². The molecule has 102 valence electrons. The maximum Gasteiger partial charge on any atom is 0.208 e. The van der Waals surface area contributed by atoms with Gasteiger partial charge in [0.1, 0.15) is 5.76 Å². The van der Waals surface area contributed by atoms with Crippen molar-refractivity contribution in [1.29, 1.82) is 0 Å². The molecule has 0 amide bonds. The van der Waals surface area contributed by atoms with E-state index in [1.807, 2.05) is 13.8 Å². The largest absolute Gasteiger partial charge is 0.444 e. The Morgan fingerprint density at radius 1 is 1.44 bits per heavy atom. The Morgan fingerprint density at radius 3 is 2.83 bits per heavy atom. The van der Waals surface area contributed by atoms with Gasteiger partial charge in [-0.25, -0.2) is 4.98 Å². The van der Waals surface area contributed by atoms with E-state index in [-0.39, 0.29) is 0 Å². The van der Waals surface area contributed by atoms with Gasteiger partial charge >= 0.3 is 0 Å². The van der Waals surface area contributed by atoms with Crippen LogP contribution >= 0.6 is 0 Å². The Kier molecular flexibility index (Phi) is 4.78. The van der Waals surface area contributed by atoms with Gasteiger partial charge in [0, 0.05) is 12.6 Å². The molecule has 1 aliphatic heterocycles. The first-order valence-electron chi connectivity index (χ1n) is 7.08. The molecule has 1 aromatic rings. The number of oxazole rings is 1. The summed E-state index contributed by atoms with van der Waals surface area (Å²) in [5.74, 6) is 1.81. The van der Waals surface area contributed by atoms with Gasteiger partial charge in [-0.15, -0.1) is 0 Å². The zero-order valence-corrected chi connectivity index (χ0v) is 11.8. The fraction of sp³-hybridized carbons (Fsp3) is 0.786. The number of nitrogens with one attached hydrogen (secondary N) is 1. The molecule has 1 fully saturated rings. The van der Waals surface area contributed by atoms with Gasteiger partial charge in [-0.05, 0) is 46.2 Å². The number of aryl methyl sites for hydroxylation is 2. The lowest BCUT2D eigenvalue weighted by Gasteiger charge is -2.33. The van der Waals surface area contributed by atoms with Crippen LogP contribution in [0.1, 0.15) is 43.5 Å². The van der Waals surface area contributed by atoms with E-state index in [9.17, 15) is 0 Å². The SMILES string of the molecule is CCCN(Cc1nc(C)c(C)o1)C1CCCNC1. The van der Waals surface area contributed by atoms with Gasteiger partial charge < -0.3 is 9.73 Å². The first-order chi connectivity index (χ1) is 8.70. The van der Waals surface area contributed by atoms with Crippen molar-refractivity contribution in [2.24, 2.45) is 0 Å². The molecule has 0 aromatic carbocycles. The second-order valence-electron chi connectivity index (χ2n) is 5.22. The fourth-order valence-electron chi connectivity index (χ4n) is 2.60. The molecule has 2 rings (SSSR count). The molecule has 0 spiro atoms. The van der Waals surface area contributed by atoms with Gasteiger partial charge in [-0.3, -0.25) is 4.90 Å². The summed E-state index contributed by atoms with van der Waals surface area (Å²) in [6.45, 7) is 10.4. The van der Waals surface area contributed by atoms with Crippen LogP contribution in [0.25, 0.3) is 0 Å². The van der Waals surface area contributed by atoms with Crippen molar-refractivity contribution in [2.45, 2.75) is 52.6 Å². The molecule has 1 aromatic heterocycles. The first kappa shape index (κ1) is 13.6. The van der Waals surface area contributed by atoms with Crippen molar-refractivity contribution in [3.8, 4) is 0 Å². The summed E-state index contributed by atoms with van der Waals surface area (Å²) in [6.07, 6.45) is 3.73. The minimum absolute atomic E-state index is 0.631. The van der Waals surface area contributed by atoms with Crippen LogP contribution in [0.15, 0.2) is 4.42 Å². The molecular formula is C14H25N3O. The molecule has 1 aliphatic rings. The molecule has 18 heavy (non-hydrogen) atoms. The Morgan fingerprint density at radius 2 is 2.28 bits per heavy atom. The van der Waals surface area contributed by atoms with E-state index in [0.29, 0.717) is 6.04 Å². The van der Waals surface area contributed by atoms with E-state index in [1.165, 1.54) is 19.3 Å². The zero-order chi connectivity index (χ0) is 13.0. The Balaban J connectivity index is 2.00. The smallest absolute Gasteiger partial charge is 0.208 e. The molecule has 1 saturated heterocycles. The summed E-state index contributed by atoms with van der Waals surface area (Å²) in [5.41, 5.74) is 1.02. The number of nitrogens with zero attached hydrogens (tertiary/aromatic N) is 2. The molecule has 0 saturated carbocycles. The highest BCUT2D eigenvalue weighted by Gasteiger charge is 2.22. The van der Waals surface area contributed by atoms with Crippen molar-refractivity contribution in [2.75, 3.05) is 19.6 Å². The van der Waals surface area contributed by atoms with Gasteiger partial charge in [0.2, 0.25) is 5.89 Å². The lowest BCUT2D eigenvalue weighted by molar-refractivity contribution is 0.144. The highest BCUT2D eigenvalue weighted by Crippen LogP contribution is 2.16. The predicted molar refractivity (Wildman–Crippen MR) is 72.6 cm³/mol. The monoisotopic (exact) mass is 251 g/mol. The Hall–Kier alpha value is -0.870. The number of hydrogen-bond donors (Lipinski definition) is 1. The summed E-state index contributed by atoms with van der Waals surface area (Å²) >= 11 is 0. The fourth-order valence-corrected chi connectivity index (χ4v) is 2.60. The third kappa shape index (κ3) is 3.33. The van der Waals surface area contributed by atoms with Crippen LogP contribution in [-0.2, 0) is 6.54 Å². The molecule has 2 heterocycles. The average Bonchev–Trinajstić information content (AvgIpc) is 2.69. The predicted octanol–water partition coefficient (Wildman–Crippen LogP) is 2.26. The molecular weight excluding hydrogens is 226 g/mol.